The Kier molecular flexibility index (Phi) is 2.11. The van der Waals surface area contributed by atoms with Crippen molar-refractivity contribution in [3.8, 4) is 0 Å². The Balaban J connectivity index is 4.19. The van der Waals surface area contributed by atoms with Crippen molar-refractivity contribution in [2.75, 3.05) is 0 Å². The average molecular weight is 137 g/mol. The molecule has 0 amide bonds. The lowest BCUT2D eigenvalue weighted by Crippen LogP contribution is -2.52. The summed E-state index contributed by atoms with van der Waals surface area (Å²) >= 11 is 0. The summed E-state index contributed by atoms with van der Waals surface area (Å²) in [5.41, 5.74) is 4.49. The summed E-state index contributed by atoms with van der Waals surface area (Å²) in [6, 6.07) is 0. The number of aliphatic hydroxyl groups is 1. The van der Waals surface area contributed by atoms with Gasteiger partial charge in [-0.05, 0) is 6.92 Å². The highest BCUT2D eigenvalue weighted by molar-refractivity contribution is 5.77. The van der Waals surface area contributed by atoms with Crippen LogP contribution in [0.2, 0.25) is 0 Å². The zero-order chi connectivity index (χ0) is 7.65. The lowest BCUT2D eigenvalue weighted by Gasteiger charge is -2.16. The molecule has 0 heterocycles. The predicted molar refractivity (Wildman–Crippen MR) is 27.3 cm³/mol. The van der Waals surface area contributed by atoms with Gasteiger partial charge < -0.3 is 10.2 Å². The van der Waals surface area contributed by atoms with Crippen LogP contribution in [0.1, 0.15) is 6.92 Å². The summed E-state index contributed by atoms with van der Waals surface area (Å²) in [7, 11) is 0. The van der Waals surface area contributed by atoms with E-state index in [2.05, 4.69) is 5.73 Å². The number of rotatable bonds is 2. The number of alkyl halides is 1. The lowest BCUT2D eigenvalue weighted by molar-refractivity contribution is -0.158. The van der Waals surface area contributed by atoms with Crippen LogP contribution in [-0.2, 0) is 4.79 Å². The highest BCUT2D eigenvalue weighted by Gasteiger charge is 2.39. The van der Waals surface area contributed by atoms with Gasteiger partial charge in [-0.25, -0.2) is 9.18 Å². The van der Waals surface area contributed by atoms with Crippen molar-refractivity contribution in [2.24, 2.45) is 5.73 Å². The number of aliphatic hydroxyl groups excluding tert-OH is 1. The molecule has 0 aromatic heterocycles. The van der Waals surface area contributed by atoms with E-state index >= 15 is 0 Å². The molecular formula is C4H8FNO3. The number of carbonyl (C=O) groups is 1. The van der Waals surface area contributed by atoms with E-state index in [0.29, 0.717) is 0 Å². The Morgan fingerprint density at radius 2 is 2.22 bits per heavy atom. The van der Waals surface area contributed by atoms with Crippen molar-refractivity contribution >= 4 is 5.97 Å². The number of nitrogens with two attached hydrogens (primary N) is 1. The molecule has 2 atom stereocenters. The van der Waals surface area contributed by atoms with Crippen LogP contribution >= 0.6 is 0 Å². The molecule has 4 N–H and O–H groups in total. The molecule has 0 saturated heterocycles. The fourth-order valence-electron chi connectivity index (χ4n) is 0.179. The Morgan fingerprint density at radius 3 is 2.22 bits per heavy atom. The number of carboxylic acids is 1. The smallest absolute Gasteiger partial charge is 0.359 e. The third-order valence-electron chi connectivity index (χ3n) is 0.936. The van der Waals surface area contributed by atoms with Crippen molar-refractivity contribution in [2.45, 2.75) is 18.8 Å². The normalized spacial score (nSPS) is 20.4. The first-order valence-electron chi connectivity index (χ1n) is 2.28. The number of carboxylic acid groups (broad SMARTS) is 1. The van der Waals surface area contributed by atoms with Gasteiger partial charge in [0.1, 0.15) is 6.10 Å². The van der Waals surface area contributed by atoms with Crippen molar-refractivity contribution in [3.05, 3.63) is 0 Å². The van der Waals surface area contributed by atoms with E-state index in [-0.39, 0.29) is 0 Å². The zero-order valence-electron chi connectivity index (χ0n) is 4.84. The second-order valence-electron chi connectivity index (χ2n) is 1.75. The minimum Gasteiger partial charge on any atom is -0.478 e. The van der Waals surface area contributed by atoms with E-state index in [0.717, 1.165) is 6.92 Å². The molecule has 54 valence electrons. The molecule has 0 radical (unpaired) electrons. The maximum absolute atomic E-state index is 12.3. The summed E-state index contributed by atoms with van der Waals surface area (Å²) in [5, 5.41) is 16.3. The second-order valence-corrected chi connectivity index (χ2v) is 1.75. The molecule has 0 rings (SSSR count). The van der Waals surface area contributed by atoms with Gasteiger partial charge in [0.15, 0.2) is 0 Å². The first kappa shape index (κ1) is 8.32. The molecule has 0 aliphatic heterocycles. The first-order chi connectivity index (χ1) is 3.89. The van der Waals surface area contributed by atoms with E-state index in [9.17, 15) is 9.18 Å². The minimum absolute atomic E-state index is 0.966. The summed E-state index contributed by atoms with van der Waals surface area (Å²) in [6.07, 6.45) is -1.70. The fraction of sp³-hybridized carbons (Fsp3) is 0.750. The quantitative estimate of drug-likeness (QED) is 0.429. The first-order valence-corrected chi connectivity index (χ1v) is 2.28. The highest BCUT2D eigenvalue weighted by Crippen LogP contribution is 2.07. The van der Waals surface area contributed by atoms with Gasteiger partial charge in [-0.3, -0.25) is 5.73 Å². The molecule has 0 aromatic rings. The molecule has 0 aromatic carbocycles. The van der Waals surface area contributed by atoms with E-state index in [1.165, 1.54) is 0 Å². The largest absolute Gasteiger partial charge is 0.478 e. The molecular weight excluding hydrogens is 129 g/mol. The third-order valence-corrected chi connectivity index (χ3v) is 0.936. The van der Waals surface area contributed by atoms with E-state index in [4.69, 9.17) is 10.2 Å². The van der Waals surface area contributed by atoms with Gasteiger partial charge in [0.25, 0.3) is 5.79 Å². The number of hydrogen-bond acceptors (Lipinski definition) is 3. The monoisotopic (exact) mass is 137 g/mol. The van der Waals surface area contributed by atoms with Crippen LogP contribution in [0.4, 0.5) is 4.39 Å². The zero-order valence-corrected chi connectivity index (χ0v) is 4.84. The lowest BCUT2D eigenvalue weighted by atomic mass is 10.2. The maximum atomic E-state index is 12.3. The Bertz CT molecular complexity index is 123. The average Bonchev–Trinajstić information content (AvgIpc) is 1.65. The van der Waals surface area contributed by atoms with Gasteiger partial charge in [0, 0.05) is 0 Å². The molecule has 0 unspecified atom stereocenters. The Hall–Kier alpha value is -0.680. The third kappa shape index (κ3) is 1.62. The van der Waals surface area contributed by atoms with Gasteiger partial charge in [0.2, 0.25) is 0 Å². The van der Waals surface area contributed by atoms with Crippen molar-refractivity contribution < 1.29 is 19.4 Å². The molecule has 9 heavy (non-hydrogen) atoms. The fourth-order valence-corrected chi connectivity index (χ4v) is 0.179. The topological polar surface area (TPSA) is 83.5 Å². The molecule has 0 saturated carbocycles. The van der Waals surface area contributed by atoms with Crippen LogP contribution in [0.5, 0.6) is 0 Å². The molecule has 0 aliphatic rings. The van der Waals surface area contributed by atoms with Crippen molar-refractivity contribution in [3.63, 3.8) is 0 Å². The molecule has 0 fully saturated rings. The SMILES string of the molecule is C[C@@H](O)[C@@](N)(F)C(=O)O. The van der Waals surface area contributed by atoms with Crippen LogP contribution in [0, 0.1) is 0 Å². The van der Waals surface area contributed by atoms with Crippen LogP contribution < -0.4 is 5.73 Å². The van der Waals surface area contributed by atoms with Gasteiger partial charge in [-0.2, -0.15) is 0 Å². The maximum Gasteiger partial charge on any atom is 0.359 e. The number of aliphatic carboxylic acids is 1. The van der Waals surface area contributed by atoms with Crippen molar-refractivity contribution in [1.29, 1.82) is 0 Å². The van der Waals surface area contributed by atoms with Crippen LogP contribution in [0.3, 0.4) is 0 Å². The number of halogens is 1. The molecule has 0 aliphatic carbocycles. The van der Waals surface area contributed by atoms with E-state index < -0.39 is 17.9 Å². The molecule has 5 heteroatoms. The summed E-state index contributed by atoms with van der Waals surface area (Å²) in [4.78, 5) is 9.80. The van der Waals surface area contributed by atoms with Gasteiger partial charge in [-0.1, -0.05) is 0 Å². The predicted octanol–water partition coefficient (Wildman–Crippen LogP) is -0.924. The summed E-state index contributed by atoms with van der Waals surface area (Å²) in [6.45, 7) is 0.966. The standard InChI is InChI=1S/C4H8FNO3/c1-2(7)4(5,6)3(8)9/h2,7H,6H2,1H3,(H,8,9)/t2-,4+/m1/s1. The Morgan fingerprint density at radius 1 is 1.89 bits per heavy atom. The van der Waals surface area contributed by atoms with Gasteiger partial charge in [0.05, 0.1) is 0 Å². The van der Waals surface area contributed by atoms with Crippen LogP contribution in [-0.4, -0.2) is 28.1 Å². The highest BCUT2D eigenvalue weighted by atomic mass is 19.1. The number of hydrogen-bond donors (Lipinski definition) is 3. The van der Waals surface area contributed by atoms with E-state index in [1.807, 2.05) is 0 Å². The molecule has 0 spiro atoms. The summed E-state index contributed by atoms with van der Waals surface area (Å²) < 4.78 is 12.3. The minimum atomic E-state index is -3.03. The van der Waals surface area contributed by atoms with Crippen LogP contribution in [0.25, 0.3) is 0 Å². The van der Waals surface area contributed by atoms with Crippen LogP contribution in [0.15, 0.2) is 0 Å². The van der Waals surface area contributed by atoms with Crippen molar-refractivity contribution in [1.82, 2.24) is 0 Å². The van der Waals surface area contributed by atoms with Gasteiger partial charge in [-0.15, -0.1) is 0 Å². The Labute approximate surface area is 51.1 Å². The van der Waals surface area contributed by atoms with E-state index in [1.54, 1.807) is 0 Å². The molecule has 4 nitrogen and oxygen atoms in total. The van der Waals surface area contributed by atoms with Gasteiger partial charge >= 0.3 is 5.97 Å². The molecule has 0 bridgehead atoms. The summed E-state index contributed by atoms with van der Waals surface area (Å²) in [5.74, 6) is -4.89. The second kappa shape index (κ2) is 2.28.